The number of hydrogen-bond donors (Lipinski definition) is 1. The van der Waals surface area contributed by atoms with Gasteiger partial charge in [-0.2, -0.15) is 0 Å². The molecule has 1 saturated heterocycles. The summed E-state index contributed by atoms with van der Waals surface area (Å²) in [5.74, 6) is 0.198. The zero-order chi connectivity index (χ0) is 9.42. The Hall–Kier alpha value is -1.23. The van der Waals surface area contributed by atoms with Crippen LogP contribution in [0.4, 0.5) is 4.79 Å². The van der Waals surface area contributed by atoms with Gasteiger partial charge in [0.2, 0.25) is 0 Å². The average molecular weight is 197 g/mol. The van der Waals surface area contributed by atoms with Gasteiger partial charge >= 0.3 is 6.09 Å². The highest BCUT2D eigenvalue weighted by Crippen LogP contribution is 2.35. The molecule has 1 fully saturated rings. The Labute approximate surface area is 78.9 Å². The predicted octanol–water partition coefficient (Wildman–Crippen LogP) is 1.06. The number of allylic oxidation sites excluding steroid dienone is 2. The molecule has 0 saturated carbocycles. The molecule has 4 nitrogen and oxygen atoms in total. The Bertz CT molecular complexity index is 334. The molecule has 13 heavy (non-hydrogen) atoms. The summed E-state index contributed by atoms with van der Waals surface area (Å²) >= 11 is 1.40. The number of carboxylic acid groups (broad SMARTS) is 1. The van der Waals surface area contributed by atoms with Gasteiger partial charge in [0.25, 0.3) is 0 Å². The molecule has 1 aliphatic carbocycles. The van der Waals surface area contributed by atoms with Crippen LogP contribution < -0.4 is 0 Å². The molecule has 2 aliphatic rings. The maximum absolute atomic E-state index is 11.3. The topological polar surface area (TPSA) is 57.6 Å². The summed E-state index contributed by atoms with van der Waals surface area (Å²) in [4.78, 5) is 24.0. The van der Waals surface area contributed by atoms with Gasteiger partial charge < -0.3 is 5.11 Å². The van der Waals surface area contributed by atoms with Gasteiger partial charge in [-0.3, -0.25) is 9.69 Å². The first-order valence-corrected chi connectivity index (χ1v) is 4.73. The second kappa shape index (κ2) is 2.92. The van der Waals surface area contributed by atoms with Crippen molar-refractivity contribution in [2.24, 2.45) is 0 Å². The van der Waals surface area contributed by atoms with Crippen LogP contribution in [0.2, 0.25) is 0 Å². The Balaban J connectivity index is 2.32. The third-order valence-electron chi connectivity index (χ3n) is 1.99. The summed E-state index contributed by atoms with van der Waals surface area (Å²) in [6.45, 7) is 0. The van der Waals surface area contributed by atoms with Crippen LogP contribution in [0.1, 0.15) is 0 Å². The van der Waals surface area contributed by atoms with Gasteiger partial charge in [0.05, 0.1) is 5.88 Å². The van der Waals surface area contributed by atoms with E-state index in [0.717, 1.165) is 9.81 Å². The van der Waals surface area contributed by atoms with Crippen LogP contribution in [0.25, 0.3) is 0 Å². The summed E-state index contributed by atoms with van der Waals surface area (Å²) in [5, 5.41) is 8.78. The fraction of sp³-hybridized carbons (Fsp3) is 0.250. The summed E-state index contributed by atoms with van der Waals surface area (Å²) in [7, 11) is 0. The zero-order valence-corrected chi connectivity index (χ0v) is 7.45. The lowest BCUT2D eigenvalue weighted by molar-refractivity contribution is -0.117. The SMILES string of the molecule is O=C1C=CC=C2SCN(C(=O)O)C12. The number of thioether (sulfide) groups is 1. The third-order valence-corrected chi connectivity index (χ3v) is 3.09. The summed E-state index contributed by atoms with van der Waals surface area (Å²) in [5.41, 5.74) is 0. The van der Waals surface area contributed by atoms with Gasteiger partial charge in [-0.1, -0.05) is 6.08 Å². The molecule has 0 aromatic carbocycles. The molecule has 68 valence electrons. The van der Waals surface area contributed by atoms with E-state index in [4.69, 9.17) is 5.11 Å². The second-order valence-electron chi connectivity index (χ2n) is 2.76. The quantitative estimate of drug-likeness (QED) is 0.631. The minimum Gasteiger partial charge on any atom is -0.465 e. The van der Waals surface area contributed by atoms with Crippen molar-refractivity contribution < 1.29 is 14.7 Å². The van der Waals surface area contributed by atoms with E-state index in [-0.39, 0.29) is 5.78 Å². The molecule has 0 spiro atoms. The van der Waals surface area contributed by atoms with E-state index < -0.39 is 12.1 Å². The van der Waals surface area contributed by atoms with Gasteiger partial charge in [0, 0.05) is 4.91 Å². The molecule has 5 heteroatoms. The Kier molecular flexibility index (Phi) is 1.88. The molecule has 1 N–H and O–H groups in total. The fourth-order valence-corrected chi connectivity index (χ4v) is 2.50. The minimum absolute atomic E-state index is 0.148. The second-order valence-corrected chi connectivity index (χ2v) is 3.78. The highest BCUT2D eigenvalue weighted by atomic mass is 32.2. The van der Waals surface area contributed by atoms with Crippen LogP contribution in [-0.4, -0.2) is 33.8 Å². The van der Waals surface area contributed by atoms with Crippen LogP contribution in [-0.2, 0) is 4.79 Å². The van der Waals surface area contributed by atoms with Crippen LogP contribution in [0.15, 0.2) is 23.1 Å². The minimum atomic E-state index is -1.04. The molecule has 0 aromatic heterocycles. The number of rotatable bonds is 0. The molecule has 1 atom stereocenters. The molecule has 1 aliphatic heterocycles. The first-order valence-electron chi connectivity index (χ1n) is 3.74. The monoisotopic (exact) mass is 197 g/mol. The van der Waals surface area contributed by atoms with Crippen molar-refractivity contribution in [3.63, 3.8) is 0 Å². The molecule has 0 radical (unpaired) electrons. The number of amides is 1. The van der Waals surface area contributed by atoms with Crippen molar-refractivity contribution in [1.82, 2.24) is 4.90 Å². The summed E-state index contributed by atoms with van der Waals surface area (Å²) in [6, 6.07) is -0.576. The van der Waals surface area contributed by atoms with Crippen LogP contribution in [0, 0.1) is 0 Å². The van der Waals surface area contributed by atoms with E-state index in [0.29, 0.717) is 5.88 Å². The molecule has 1 unspecified atom stereocenters. The van der Waals surface area contributed by atoms with Crippen molar-refractivity contribution in [3.8, 4) is 0 Å². The standard InChI is InChI=1S/C8H7NO3S/c10-5-2-1-3-6-7(5)9(4-13-6)8(11)12/h1-3,7H,4H2,(H,11,12). The fourth-order valence-electron chi connectivity index (χ4n) is 1.38. The summed E-state index contributed by atoms with van der Waals surface area (Å²) in [6.07, 6.45) is 3.83. The number of fused-ring (bicyclic) bond motifs is 1. The zero-order valence-electron chi connectivity index (χ0n) is 6.64. The van der Waals surface area contributed by atoms with Crippen molar-refractivity contribution in [2.45, 2.75) is 6.04 Å². The van der Waals surface area contributed by atoms with E-state index in [1.807, 2.05) is 0 Å². The lowest BCUT2D eigenvalue weighted by Gasteiger charge is -2.19. The van der Waals surface area contributed by atoms with E-state index >= 15 is 0 Å². The lowest BCUT2D eigenvalue weighted by Crippen LogP contribution is -2.40. The Morgan fingerprint density at radius 2 is 2.46 bits per heavy atom. The maximum atomic E-state index is 11.3. The number of carbonyl (C=O) groups excluding carboxylic acids is 1. The van der Waals surface area contributed by atoms with Crippen LogP contribution in [0.3, 0.4) is 0 Å². The molecule has 1 amide bonds. The van der Waals surface area contributed by atoms with Crippen LogP contribution >= 0.6 is 11.8 Å². The first kappa shape index (κ1) is 8.37. The van der Waals surface area contributed by atoms with Gasteiger partial charge in [0.1, 0.15) is 6.04 Å². The normalized spacial score (nSPS) is 25.8. The highest BCUT2D eigenvalue weighted by molar-refractivity contribution is 8.03. The number of nitrogens with zero attached hydrogens (tertiary/aromatic N) is 1. The van der Waals surface area contributed by atoms with Crippen molar-refractivity contribution >= 4 is 23.6 Å². The maximum Gasteiger partial charge on any atom is 0.408 e. The van der Waals surface area contributed by atoms with Crippen molar-refractivity contribution in [2.75, 3.05) is 5.88 Å². The molecular weight excluding hydrogens is 190 g/mol. The highest BCUT2D eigenvalue weighted by Gasteiger charge is 2.38. The number of carbonyl (C=O) groups is 2. The predicted molar refractivity (Wildman–Crippen MR) is 48.3 cm³/mol. The number of ketones is 1. The van der Waals surface area contributed by atoms with E-state index in [1.165, 1.54) is 17.8 Å². The Morgan fingerprint density at radius 1 is 1.69 bits per heavy atom. The van der Waals surface area contributed by atoms with Gasteiger partial charge in [-0.05, 0) is 12.2 Å². The van der Waals surface area contributed by atoms with Gasteiger partial charge in [0.15, 0.2) is 5.78 Å². The lowest BCUT2D eigenvalue weighted by atomic mass is 10.1. The molecule has 2 rings (SSSR count). The summed E-state index contributed by atoms with van der Waals surface area (Å²) < 4.78 is 0. The molecule has 1 heterocycles. The van der Waals surface area contributed by atoms with Gasteiger partial charge in [-0.15, -0.1) is 11.8 Å². The largest absolute Gasteiger partial charge is 0.465 e. The van der Waals surface area contributed by atoms with Crippen molar-refractivity contribution in [1.29, 1.82) is 0 Å². The average Bonchev–Trinajstić information content (AvgIpc) is 2.49. The van der Waals surface area contributed by atoms with E-state index in [9.17, 15) is 9.59 Å². The van der Waals surface area contributed by atoms with E-state index in [2.05, 4.69) is 0 Å². The third kappa shape index (κ3) is 1.25. The van der Waals surface area contributed by atoms with Crippen molar-refractivity contribution in [3.05, 3.63) is 23.1 Å². The smallest absolute Gasteiger partial charge is 0.408 e. The molecular formula is C8H7NO3S. The molecule has 0 bridgehead atoms. The van der Waals surface area contributed by atoms with Crippen LogP contribution in [0.5, 0.6) is 0 Å². The van der Waals surface area contributed by atoms with E-state index in [1.54, 1.807) is 12.2 Å². The van der Waals surface area contributed by atoms with Gasteiger partial charge in [-0.25, -0.2) is 4.79 Å². The Morgan fingerprint density at radius 3 is 3.15 bits per heavy atom. The first-order chi connectivity index (χ1) is 6.20. The molecule has 0 aromatic rings. The number of hydrogen-bond acceptors (Lipinski definition) is 3.